The van der Waals surface area contributed by atoms with Gasteiger partial charge in [-0.05, 0) is 24.5 Å². The van der Waals surface area contributed by atoms with Crippen molar-refractivity contribution in [2.45, 2.75) is 39.0 Å². The molecule has 0 bridgehead atoms. The van der Waals surface area contributed by atoms with Gasteiger partial charge in [0.2, 0.25) is 0 Å². The van der Waals surface area contributed by atoms with Gasteiger partial charge in [0.15, 0.2) is 0 Å². The SMILES string of the molecule is CCCCCCC1=CC(N)=NC1=N. The van der Waals surface area contributed by atoms with E-state index in [1.807, 2.05) is 6.08 Å². The lowest BCUT2D eigenvalue weighted by molar-refractivity contribution is 0.670. The van der Waals surface area contributed by atoms with Gasteiger partial charge in [0, 0.05) is 0 Å². The summed E-state index contributed by atoms with van der Waals surface area (Å²) in [6.07, 6.45) is 7.66. The summed E-state index contributed by atoms with van der Waals surface area (Å²) in [5.74, 6) is 0.837. The van der Waals surface area contributed by atoms with Gasteiger partial charge in [-0.2, -0.15) is 0 Å². The summed E-state index contributed by atoms with van der Waals surface area (Å²) in [4.78, 5) is 3.85. The summed E-state index contributed by atoms with van der Waals surface area (Å²) in [6.45, 7) is 2.19. The molecule has 0 atom stereocenters. The van der Waals surface area contributed by atoms with E-state index in [0.717, 1.165) is 18.4 Å². The third-order valence-electron chi connectivity index (χ3n) is 2.17. The van der Waals surface area contributed by atoms with Crippen LogP contribution in [0.2, 0.25) is 0 Å². The van der Waals surface area contributed by atoms with E-state index < -0.39 is 0 Å². The van der Waals surface area contributed by atoms with E-state index in [9.17, 15) is 0 Å². The molecular weight excluding hydrogens is 162 g/mol. The van der Waals surface area contributed by atoms with Crippen molar-refractivity contribution in [3.63, 3.8) is 0 Å². The average molecular weight is 179 g/mol. The highest BCUT2D eigenvalue weighted by Gasteiger charge is 2.10. The number of rotatable bonds is 5. The van der Waals surface area contributed by atoms with Crippen molar-refractivity contribution < 1.29 is 0 Å². The number of nitrogens with two attached hydrogens (primary N) is 1. The Morgan fingerprint density at radius 2 is 2.15 bits per heavy atom. The molecule has 0 aliphatic carbocycles. The second-order valence-corrected chi connectivity index (χ2v) is 3.37. The highest BCUT2D eigenvalue weighted by Crippen LogP contribution is 2.15. The number of hydrogen-bond donors (Lipinski definition) is 2. The Bertz CT molecular complexity index is 251. The molecule has 0 aromatic carbocycles. The normalized spacial score (nSPS) is 15.9. The molecule has 3 N–H and O–H groups in total. The minimum Gasteiger partial charge on any atom is -0.384 e. The lowest BCUT2D eigenvalue weighted by atomic mass is 10.1. The largest absolute Gasteiger partial charge is 0.384 e. The van der Waals surface area contributed by atoms with E-state index in [-0.39, 0.29) is 0 Å². The molecule has 13 heavy (non-hydrogen) atoms. The van der Waals surface area contributed by atoms with Crippen molar-refractivity contribution in [2.24, 2.45) is 10.7 Å². The molecule has 72 valence electrons. The lowest BCUT2D eigenvalue weighted by Crippen LogP contribution is -2.04. The summed E-state index contributed by atoms with van der Waals surface area (Å²) < 4.78 is 0. The van der Waals surface area contributed by atoms with Crippen LogP contribution < -0.4 is 5.73 Å². The third kappa shape index (κ3) is 3.01. The van der Waals surface area contributed by atoms with Crippen LogP contribution in [0.5, 0.6) is 0 Å². The van der Waals surface area contributed by atoms with E-state index in [1.165, 1.54) is 19.3 Å². The van der Waals surface area contributed by atoms with Crippen molar-refractivity contribution in [1.82, 2.24) is 0 Å². The van der Waals surface area contributed by atoms with Crippen LogP contribution >= 0.6 is 0 Å². The zero-order chi connectivity index (χ0) is 9.68. The molecule has 3 heteroatoms. The molecule has 0 aromatic heterocycles. The number of aliphatic imine (C=N–C) groups is 1. The van der Waals surface area contributed by atoms with Crippen molar-refractivity contribution >= 4 is 11.7 Å². The summed E-state index contributed by atoms with van der Waals surface area (Å²) in [5.41, 5.74) is 6.47. The second kappa shape index (κ2) is 4.80. The maximum absolute atomic E-state index is 7.48. The van der Waals surface area contributed by atoms with E-state index in [1.54, 1.807) is 0 Å². The molecule has 0 saturated carbocycles. The van der Waals surface area contributed by atoms with Gasteiger partial charge in [0.05, 0.1) is 0 Å². The van der Waals surface area contributed by atoms with Gasteiger partial charge in [-0.1, -0.05) is 26.2 Å². The fourth-order valence-electron chi connectivity index (χ4n) is 1.41. The zero-order valence-corrected chi connectivity index (χ0v) is 8.14. The Kier molecular flexibility index (Phi) is 3.68. The van der Waals surface area contributed by atoms with Crippen molar-refractivity contribution in [1.29, 1.82) is 5.41 Å². The lowest BCUT2D eigenvalue weighted by Gasteiger charge is -2.00. The Labute approximate surface area is 79.2 Å². The van der Waals surface area contributed by atoms with Crippen LogP contribution in [0, 0.1) is 5.41 Å². The smallest absolute Gasteiger partial charge is 0.150 e. The molecule has 0 saturated heterocycles. The second-order valence-electron chi connectivity index (χ2n) is 3.37. The highest BCUT2D eigenvalue weighted by molar-refractivity contribution is 6.15. The van der Waals surface area contributed by atoms with E-state index in [2.05, 4.69) is 11.9 Å². The Morgan fingerprint density at radius 3 is 2.69 bits per heavy atom. The molecule has 0 fully saturated rings. The molecule has 0 amide bonds. The van der Waals surface area contributed by atoms with Gasteiger partial charge in [0.25, 0.3) is 0 Å². The number of hydrogen-bond acceptors (Lipinski definition) is 2. The molecule has 0 unspecified atom stereocenters. The molecule has 0 spiro atoms. The van der Waals surface area contributed by atoms with Crippen molar-refractivity contribution in [2.75, 3.05) is 0 Å². The van der Waals surface area contributed by atoms with Crippen LogP contribution in [-0.2, 0) is 0 Å². The van der Waals surface area contributed by atoms with E-state index in [0.29, 0.717) is 11.7 Å². The molecule has 0 aromatic rings. The first-order valence-corrected chi connectivity index (χ1v) is 4.87. The van der Waals surface area contributed by atoms with Crippen LogP contribution in [0.25, 0.3) is 0 Å². The third-order valence-corrected chi connectivity index (χ3v) is 2.17. The van der Waals surface area contributed by atoms with E-state index >= 15 is 0 Å². The number of nitrogens with one attached hydrogen (secondary N) is 1. The topological polar surface area (TPSA) is 62.2 Å². The average Bonchev–Trinajstić information content (AvgIpc) is 2.39. The summed E-state index contributed by atoms with van der Waals surface area (Å²) in [7, 11) is 0. The van der Waals surface area contributed by atoms with Crippen LogP contribution in [0.4, 0.5) is 0 Å². The predicted molar refractivity (Wildman–Crippen MR) is 56.2 cm³/mol. The number of nitrogens with zero attached hydrogens (tertiary/aromatic N) is 1. The first-order chi connectivity index (χ1) is 6.24. The van der Waals surface area contributed by atoms with Gasteiger partial charge in [0.1, 0.15) is 11.7 Å². The fourth-order valence-corrected chi connectivity index (χ4v) is 1.41. The molecule has 1 aliphatic heterocycles. The molecule has 1 rings (SSSR count). The monoisotopic (exact) mass is 179 g/mol. The van der Waals surface area contributed by atoms with E-state index in [4.69, 9.17) is 11.1 Å². The quantitative estimate of drug-likeness (QED) is 0.624. The summed E-state index contributed by atoms with van der Waals surface area (Å²) in [6, 6.07) is 0. The molecule has 3 nitrogen and oxygen atoms in total. The highest BCUT2D eigenvalue weighted by atomic mass is 14.9. The van der Waals surface area contributed by atoms with Gasteiger partial charge in [-0.25, -0.2) is 4.99 Å². The van der Waals surface area contributed by atoms with Gasteiger partial charge in [-0.3, -0.25) is 5.41 Å². The molecule has 0 radical (unpaired) electrons. The van der Waals surface area contributed by atoms with Gasteiger partial charge in [-0.15, -0.1) is 0 Å². The molecular formula is C10H17N3. The minimum absolute atomic E-state index is 0.356. The van der Waals surface area contributed by atoms with Gasteiger partial charge >= 0.3 is 0 Å². The van der Waals surface area contributed by atoms with Crippen molar-refractivity contribution in [3.8, 4) is 0 Å². The van der Waals surface area contributed by atoms with Gasteiger partial charge < -0.3 is 5.73 Å². The maximum Gasteiger partial charge on any atom is 0.150 e. The van der Waals surface area contributed by atoms with Crippen LogP contribution in [0.3, 0.4) is 0 Å². The maximum atomic E-state index is 7.48. The zero-order valence-electron chi connectivity index (χ0n) is 8.14. The van der Waals surface area contributed by atoms with Crippen molar-refractivity contribution in [3.05, 3.63) is 11.6 Å². The molecule has 1 aliphatic rings. The predicted octanol–water partition coefficient (Wildman–Crippen LogP) is 2.23. The molecule has 1 heterocycles. The number of unbranched alkanes of at least 4 members (excludes halogenated alkanes) is 3. The number of amidine groups is 2. The van der Waals surface area contributed by atoms with Crippen LogP contribution in [0.15, 0.2) is 16.6 Å². The fraction of sp³-hybridized carbons (Fsp3) is 0.600. The van der Waals surface area contributed by atoms with Crippen LogP contribution in [0.1, 0.15) is 39.0 Å². The standard InChI is InChI=1S/C10H17N3/c1-2-3-4-5-6-8-7-9(11)13-10(8)12/h7H,2-6H2,1H3,(H3,11,12,13). The first-order valence-electron chi connectivity index (χ1n) is 4.87. The summed E-state index contributed by atoms with van der Waals surface area (Å²) in [5, 5.41) is 7.48. The first kappa shape index (κ1) is 9.96. The Hall–Kier alpha value is -1.12. The van der Waals surface area contributed by atoms with Crippen LogP contribution in [-0.4, -0.2) is 11.7 Å². The Balaban J connectivity index is 2.24. The Morgan fingerprint density at radius 1 is 1.38 bits per heavy atom. The minimum atomic E-state index is 0.356. The summed E-state index contributed by atoms with van der Waals surface area (Å²) >= 11 is 0.